The van der Waals surface area contributed by atoms with Crippen LogP contribution < -0.4 is 15.5 Å². The van der Waals surface area contributed by atoms with Gasteiger partial charge in [0.1, 0.15) is 5.82 Å². The average Bonchev–Trinajstić information content (AvgIpc) is 2.86. The maximum Gasteiger partial charge on any atom is 0.319 e. The SMILES string of the molecule is CCNC(=O)Nc1cnc(N2CCN(C3CCN(Cc4ccc(Cl)cc4)CC3)[C@@H](CC)C2)c(Cl)c1. The van der Waals surface area contributed by atoms with Crippen LogP contribution >= 0.6 is 23.2 Å². The van der Waals surface area contributed by atoms with Gasteiger partial charge in [0.15, 0.2) is 0 Å². The molecule has 2 aliphatic heterocycles. The summed E-state index contributed by atoms with van der Waals surface area (Å²) in [6, 6.07) is 10.8. The van der Waals surface area contributed by atoms with Crippen LogP contribution in [-0.4, -0.2) is 72.2 Å². The van der Waals surface area contributed by atoms with Gasteiger partial charge in [-0.2, -0.15) is 0 Å². The van der Waals surface area contributed by atoms with E-state index in [1.165, 1.54) is 18.4 Å². The van der Waals surface area contributed by atoms with E-state index in [4.69, 9.17) is 23.2 Å². The number of anilines is 2. The fraction of sp³-hybridized carbons (Fsp3) is 0.538. The number of urea groups is 1. The van der Waals surface area contributed by atoms with Crippen LogP contribution in [0.4, 0.5) is 16.3 Å². The lowest BCUT2D eigenvalue weighted by Crippen LogP contribution is -2.58. The van der Waals surface area contributed by atoms with Crippen LogP contribution in [0.25, 0.3) is 0 Å². The minimum Gasteiger partial charge on any atom is -0.353 e. The largest absolute Gasteiger partial charge is 0.353 e. The second kappa shape index (κ2) is 12.3. The molecule has 1 atom stereocenters. The summed E-state index contributed by atoms with van der Waals surface area (Å²) >= 11 is 12.6. The van der Waals surface area contributed by atoms with Gasteiger partial charge >= 0.3 is 6.03 Å². The quantitative estimate of drug-likeness (QED) is 0.534. The number of piperazine rings is 1. The van der Waals surface area contributed by atoms with Crippen LogP contribution in [0.5, 0.6) is 0 Å². The van der Waals surface area contributed by atoms with Gasteiger partial charge in [0.05, 0.1) is 16.9 Å². The predicted molar refractivity (Wildman–Crippen MR) is 145 cm³/mol. The molecule has 0 aliphatic carbocycles. The normalized spacial score (nSPS) is 20.1. The first-order chi connectivity index (χ1) is 17.0. The van der Waals surface area contributed by atoms with E-state index in [9.17, 15) is 4.79 Å². The van der Waals surface area contributed by atoms with E-state index in [-0.39, 0.29) is 6.03 Å². The highest BCUT2D eigenvalue weighted by Crippen LogP contribution is 2.30. The Kier molecular flexibility index (Phi) is 9.11. The summed E-state index contributed by atoms with van der Waals surface area (Å²) in [5.41, 5.74) is 1.92. The van der Waals surface area contributed by atoms with Crippen LogP contribution in [0.2, 0.25) is 10.0 Å². The number of carbonyl (C=O) groups is 1. The second-order valence-electron chi connectivity index (χ2n) is 9.39. The number of pyridine rings is 1. The number of hydrogen-bond donors (Lipinski definition) is 2. The minimum atomic E-state index is -0.253. The molecule has 2 aromatic rings. The van der Waals surface area contributed by atoms with Crippen molar-refractivity contribution in [3.05, 3.63) is 52.1 Å². The zero-order valence-electron chi connectivity index (χ0n) is 20.6. The second-order valence-corrected chi connectivity index (χ2v) is 10.2. The van der Waals surface area contributed by atoms with Crippen LogP contribution in [0, 0.1) is 0 Å². The maximum atomic E-state index is 11.8. The van der Waals surface area contributed by atoms with Crippen molar-refractivity contribution in [1.82, 2.24) is 20.1 Å². The van der Waals surface area contributed by atoms with Gasteiger partial charge in [-0.15, -0.1) is 0 Å². The molecule has 2 amide bonds. The molecule has 2 N–H and O–H groups in total. The minimum absolute atomic E-state index is 0.253. The van der Waals surface area contributed by atoms with E-state index in [1.807, 2.05) is 19.1 Å². The van der Waals surface area contributed by atoms with Gasteiger partial charge in [-0.3, -0.25) is 9.80 Å². The fourth-order valence-electron chi connectivity index (χ4n) is 5.23. The van der Waals surface area contributed by atoms with E-state index in [1.54, 1.807) is 12.3 Å². The predicted octanol–water partition coefficient (Wildman–Crippen LogP) is 5.10. The van der Waals surface area contributed by atoms with E-state index in [2.05, 4.69) is 49.4 Å². The van der Waals surface area contributed by atoms with E-state index in [0.717, 1.165) is 56.5 Å². The number of amides is 2. The zero-order chi connectivity index (χ0) is 24.8. The molecule has 4 rings (SSSR count). The molecule has 0 unspecified atom stereocenters. The Labute approximate surface area is 218 Å². The molecule has 2 saturated heterocycles. The first-order valence-electron chi connectivity index (χ1n) is 12.6. The third-order valence-electron chi connectivity index (χ3n) is 7.06. The van der Waals surface area contributed by atoms with Crippen molar-refractivity contribution in [2.45, 2.75) is 51.7 Å². The van der Waals surface area contributed by atoms with Crippen molar-refractivity contribution in [2.75, 3.05) is 49.5 Å². The molecular weight excluding hydrogens is 483 g/mol. The lowest BCUT2D eigenvalue weighted by molar-refractivity contribution is 0.0610. The number of nitrogens with one attached hydrogen (secondary N) is 2. The molecule has 9 heteroatoms. The molecule has 35 heavy (non-hydrogen) atoms. The van der Waals surface area contributed by atoms with E-state index in [0.29, 0.717) is 29.3 Å². The third kappa shape index (κ3) is 6.79. The number of benzene rings is 1. The summed E-state index contributed by atoms with van der Waals surface area (Å²) in [6.07, 6.45) is 5.17. The van der Waals surface area contributed by atoms with Gasteiger partial charge in [-0.25, -0.2) is 9.78 Å². The summed E-state index contributed by atoms with van der Waals surface area (Å²) < 4.78 is 0. The Bertz CT molecular complexity index is 980. The van der Waals surface area contributed by atoms with E-state index < -0.39 is 0 Å². The highest BCUT2D eigenvalue weighted by Gasteiger charge is 2.34. The molecule has 0 spiro atoms. The summed E-state index contributed by atoms with van der Waals surface area (Å²) in [5.74, 6) is 0.795. The molecule has 3 heterocycles. The van der Waals surface area contributed by atoms with Crippen molar-refractivity contribution in [2.24, 2.45) is 0 Å². The Morgan fingerprint density at radius 2 is 1.83 bits per heavy atom. The highest BCUT2D eigenvalue weighted by molar-refractivity contribution is 6.33. The number of hydrogen-bond acceptors (Lipinski definition) is 5. The molecule has 2 aliphatic rings. The number of nitrogens with zero attached hydrogens (tertiary/aromatic N) is 4. The first kappa shape index (κ1) is 26.0. The van der Waals surface area contributed by atoms with Gasteiger partial charge in [-0.1, -0.05) is 42.3 Å². The van der Waals surface area contributed by atoms with Crippen molar-refractivity contribution >= 4 is 40.7 Å². The van der Waals surface area contributed by atoms with Gasteiger partial charge in [0, 0.05) is 49.8 Å². The highest BCUT2D eigenvalue weighted by atomic mass is 35.5. The van der Waals surface area contributed by atoms with Crippen molar-refractivity contribution in [1.29, 1.82) is 0 Å². The Morgan fingerprint density at radius 3 is 2.49 bits per heavy atom. The lowest BCUT2D eigenvalue weighted by Gasteiger charge is -2.47. The van der Waals surface area contributed by atoms with Gasteiger partial charge in [-0.05, 0) is 63.0 Å². The van der Waals surface area contributed by atoms with Crippen LogP contribution in [-0.2, 0) is 6.54 Å². The molecule has 7 nitrogen and oxygen atoms in total. The monoisotopic (exact) mass is 518 g/mol. The van der Waals surface area contributed by atoms with E-state index >= 15 is 0 Å². The Hall–Kier alpha value is -2.06. The number of piperidine rings is 1. The molecule has 2 fully saturated rings. The molecule has 190 valence electrons. The van der Waals surface area contributed by atoms with Crippen molar-refractivity contribution < 1.29 is 4.79 Å². The van der Waals surface area contributed by atoms with Crippen LogP contribution in [0.15, 0.2) is 36.5 Å². The summed E-state index contributed by atoms with van der Waals surface area (Å²) in [5, 5.41) is 6.84. The summed E-state index contributed by atoms with van der Waals surface area (Å²) in [6.45, 7) is 10.8. The number of aromatic nitrogens is 1. The van der Waals surface area contributed by atoms with Crippen molar-refractivity contribution in [3.63, 3.8) is 0 Å². The van der Waals surface area contributed by atoms with Gasteiger partial charge < -0.3 is 15.5 Å². The number of halogens is 2. The Balaban J connectivity index is 1.31. The van der Waals surface area contributed by atoms with Crippen molar-refractivity contribution in [3.8, 4) is 0 Å². The number of rotatable bonds is 7. The van der Waals surface area contributed by atoms with Crippen LogP contribution in [0.1, 0.15) is 38.7 Å². The maximum absolute atomic E-state index is 11.8. The first-order valence-corrected chi connectivity index (χ1v) is 13.4. The smallest absolute Gasteiger partial charge is 0.319 e. The lowest BCUT2D eigenvalue weighted by atomic mass is 9.98. The summed E-state index contributed by atoms with van der Waals surface area (Å²) in [4.78, 5) is 23.9. The summed E-state index contributed by atoms with van der Waals surface area (Å²) in [7, 11) is 0. The van der Waals surface area contributed by atoms with Gasteiger partial charge in [0.25, 0.3) is 0 Å². The average molecular weight is 520 g/mol. The molecule has 0 saturated carbocycles. The third-order valence-corrected chi connectivity index (χ3v) is 7.59. The molecule has 0 bridgehead atoms. The van der Waals surface area contributed by atoms with Gasteiger partial charge in [0.2, 0.25) is 0 Å². The standard InChI is InChI=1S/C26H36Cl2N6O/c1-3-22-18-33(25-24(28)15-21(16-30-25)31-26(35)29-4-2)13-14-34(22)23-9-11-32(12-10-23)17-19-5-7-20(27)8-6-19/h5-8,15-16,22-23H,3-4,9-14,17-18H2,1-2H3,(H2,29,31,35)/t22-/m0/s1. The molecular formula is C26H36Cl2N6O. The van der Waals surface area contributed by atoms with Crippen LogP contribution in [0.3, 0.4) is 0 Å². The number of likely N-dealkylation sites (tertiary alicyclic amines) is 1. The molecule has 1 aromatic heterocycles. The zero-order valence-corrected chi connectivity index (χ0v) is 22.2. The topological polar surface area (TPSA) is 63.7 Å². The number of carbonyl (C=O) groups excluding carboxylic acids is 1. The Morgan fingerprint density at radius 1 is 1.09 bits per heavy atom. The fourth-order valence-corrected chi connectivity index (χ4v) is 5.64. The molecule has 1 aromatic carbocycles. The molecule has 0 radical (unpaired) electrons.